The molecule has 0 aromatic heterocycles. The van der Waals surface area contributed by atoms with Crippen LogP contribution in [-0.4, -0.2) is 13.1 Å². The molecule has 2 rings (SSSR count). The smallest absolute Gasteiger partial charge is 0.307 e. The number of carbonyl (C=O) groups is 1. The zero-order valence-electron chi connectivity index (χ0n) is 12.0. The molecule has 0 spiro atoms. The Morgan fingerprint density at radius 2 is 1.76 bits per heavy atom. The SMILES string of the molecule is COC(=O)CC(N)c1ccc(OCc2ccccc2)cc1. The van der Waals surface area contributed by atoms with Gasteiger partial charge in [0.05, 0.1) is 13.5 Å². The lowest BCUT2D eigenvalue weighted by molar-refractivity contribution is -0.141. The molecule has 21 heavy (non-hydrogen) atoms. The molecule has 110 valence electrons. The number of hydrogen-bond donors (Lipinski definition) is 1. The molecule has 0 aliphatic carbocycles. The van der Waals surface area contributed by atoms with Gasteiger partial charge in [0.2, 0.25) is 0 Å². The first-order valence-electron chi connectivity index (χ1n) is 6.78. The Kier molecular flexibility index (Phi) is 5.35. The number of carbonyl (C=O) groups excluding carboxylic acids is 1. The molecule has 4 heteroatoms. The van der Waals surface area contributed by atoms with Crippen LogP contribution in [0.15, 0.2) is 54.6 Å². The fourth-order valence-electron chi connectivity index (χ4n) is 1.93. The predicted molar refractivity (Wildman–Crippen MR) is 80.8 cm³/mol. The number of esters is 1. The Labute approximate surface area is 124 Å². The number of methoxy groups -OCH3 is 1. The summed E-state index contributed by atoms with van der Waals surface area (Å²) in [4.78, 5) is 11.2. The van der Waals surface area contributed by atoms with E-state index in [-0.39, 0.29) is 18.4 Å². The minimum atomic E-state index is -0.361. The lowest BCUT2D eigenvalue weighted by Gasteiger charge is -2.12. The van der Waals surface area contributed by atoms with Crippen LogP contribution in [0.3, 0.4) is 0 Å². The number of benzene rings is 2. The molecule has 4 nitrogen and oxygen atoms in total. The lowest BCUT2D eigenvalue weighted by atomic mass is 10.0. The second kappa shape index (κ2) is 7.45. The van der Waals surface area contributed by atoms with E-state index in [1.165, 1.54) is 7.11 Å². The fraction of sp³-hybridized carbons (Fsp3) is 0.235. The quantitative estimate of drug-likeness (QED) is 0.829. The first-order chi connectivity index (χ1) is 10.2. The highest BCUT2D eigenvalue weighted by molar-refractivity contribution is 5.70. The van der Waals surface area contributed by atoms with E-state index in [1.807, 2.05) is 54.6 Å². The van der Waals surface area contributed by atoms with Gasteiger partial charge in [-0.2, -0.15) is 0 Å². The van der Waals surface area contributed by atoms with Gasteiger partial charge < -0.3 is 15.2 Å². The van der Waals surface area contributed by atoms with E-state index in [1.54, 1.807) is 0 Å². The Morgan fingerprint density at radius 1 is 1.10 bits per heavy atom. The van der Waals surface area contributed by atoms with Crippen molar-refractivity contribution in [2.45, 2.75) is 19.1 Å². The van der Waals surface area contributed by atoms with Gasteiger partial charge in [-0.1, -0.05) is 42.5 Å². The zero-order valence-corrected chi connectivity index (χ0v) is 12.0. The standard InChI is InChI=1S/C17H19NO3/c1-20-17(19)11-16(18)14-7-9-15(10-8-14)21-12-13-5-3-2-4-6-13/h2-10,16H,11-12,18H2,1H3. The molecule has 1 atom stereocenters. The van der Waals surface area contributed by atoms with Gasteiger partial charge in [0.15, 0.2) is 0 Å². The highest BCUT2D eigenvalue weighted by Gasteiger charge is 2.11. The number of rotatable bonds is 6. The average molecular weight is 285 g/mol. The summed E-state index contributed by atoms with van der Waals surface area (Å²) in [6, 6.07) is 17.1. The molecule has 1 unspecified atom stereocenters. The molecule has 0 heterocycles. The highest BCUT2D eigenvalue weighted by atomic mass is 16.5. The Morgan fingerprint density at radius 3 is 2.38 bits per heavy atom. The second-order valence-corrected chi connectivity index (χ2v) is 4.73. The maximum absolute atomic E-state index is 11.2. The van der Waals surface area contributed by atoms with Crippen LogP contribution in [-0.2, 0) is 16.1 Å². The summed E-state index contributed by atoms with van der Waals surface area (Å²) in [5.74, 6) is 0.458. The van der Waals surface area contributed by atoms with Crippen molar-refractivity contribution in [3.63, 3.8) is 0 Å². The Bertz CT molecular complexity index is 566. The maximum Gasteiger partial charge on any atom is 0.307 e. The molecule has 0 saturated heterocycles. The van der Waals surface area contributed by atoms with E-state index >= 15 is 0 Å². The van der Waals surface area contributed by atoms with Crippen molar-refractivity contribution in [2.75, 3.05) is 7.11 Å². The summed E-state index contributed by atoms with van der Waals surface area (Å²) in [6.45, 7) is 0.522. The highest BCUT2D eigenvalue weighted by Crippen LogP contribution is 2.19. The van der Waals surface area contributed by atoms with E-state index in [0.29, 0.717) is 6.61 Å². The maximum atomic E-state index is 11.2. The van der Waals surface area contributed by atoms with Gasteiger partial charge in [0.25, 0.3) is 0 Å². The van der Waals surface area contributed by atoms with Crippen LogP contribution >= 0.6 is 0 Å². The number of nitrogens with two attached hydrogens (primary N) is 1. The van der Waals surface area contributed by atoms with Gasteiger partial charge in [0, 0.05) is 6.04 Å². The fourth-order valence-corrected chi connectivity index (χ4v) is 1.93. The largest absolute Gasteiger partial charge is 0.489 e. The third-order valence-electron chi connectivity index (χ3n) is 3.17. The molecule has 0 radical (unpaired) electrons. The topological polar surface area (TPSA) is 61.5 Å². The van der Waals surface area contributed by atoms with E-state index in [4.69, 9.17) is 10.5 Å². The normalized spacial score (nSPS) is 11.7. The van der Waals surface area contributed by atoms with Crippen LogP contribution in [0.4, 0.5) is 0 Å². The van der Waals surface area contributed by atoms with Gasteiger partial charge in [-0.25, -0.2) is 0 Å². The average Bonchev–Trinajstić information content (AvgIpc) is 2.54. The molecular weight excluding hydrogens is 266 g/mol. The van der Waals surface area contributed by atoms with E-state index < -0.39 is 0 Å². The molecule has 2 aromatic rings. The second-order valence-electron chi connectivity index (χ2n) is 4.73. The monoisotopic (exact) mass is 285 g/mol. The molecule has 2 aromatic carbocycles. The summed E-state index contributed by atoms with van der Waals surface area (Å²) >= 11 is 0. The minimum Gasteiger partial charge on any atom is -0.489 e. The first-order valence-corrected chi connectivity index (χ1v) is 6.78. The van der Waals surface area contributed by atoms with Crippen LogP contribution in [0.25, 0.3) is 0 Å². The molecule has 0 saturated carbocycles. The zero-order chi connectivity index (χ0) is 15.1. The van der Waals surface area contributed by atoms with Gasteiger partial charge in [-0.15, -0.1) is 0 Å². The van der Waals surface area contributed by atoms with Crippen molar-refractivity contribution >= 4 is 5.97 Å². The van der Waals surface area contributed by atoms with Gasteiger partial charge in [-0.3, -0.25) is 4.79 Å². The minimum absolute atomic E-state index is 0.167. The van der Waals surface area contributed by atoms with Crippen LogP contribution in [0.5, 0.6) is 5.75 Å². The summed E-state index contributed by atoms with van der Waals surface area (Å²) in [6.07, 6.45) is 0.167. The lowest BCUT2D eigenvalue weighted by Crippen LogP contribution is -2.16. The molecule has 2 N–H and O–H groups in total. The van der Waals surface area contributed by atoms with E-state index in [0.717, 1.165) is 16.9 Å². The van der Waals surface area contributed by atoms with Crippen molar-refractivity contribution in [3.05, 3.63) is 65.7 Å². The van der Waals surface area contributed by atoms with Gasteiger partial charge >= 0.3 is 5.97 Å². The predicted octanol–water partition coefficient (Wildman–Crippen LogP) is 2.83. The molecule has 0 amide bonds. The van der Waals surface area contributed by atoms with Gasteiger partial charge in [0.1, 0.15) is 12.4 Å². The summed E-state index contributed by atoms with van der Waals surface area (Å²) < 4.78 is 10.3. The van der Waals surface area contributed by atoms with Crippen molar-refractivity contribution < 1.29 is 14.3 Å². The molecular formula is C17H19NO3. The Hall–Kier alpha value is -2.33. The third-order valence-corrected chi connectivity index (χ3v) is 3.17. The van der Waals surface area contributed by atoms with Crippen molar-refractivity contribution in [3.8, 4) is 5.75 Å². The van der Waals surface area contributed by atoms with Crippen LogP contribution in [0, 0.1) is 0 Å². The molecule has 0 aliphatic rings. The van der Waals surface area contributed by atoms with Crippen molar-refractivity contribution in [1.82, 2.24) is 0 Å². The van der Waals surface area contributed by atoms with Crippen LogP contribution in [0.1, 0.15) is 23.6 Å². The summed E-state index contributed by atoms with van der Waals surface area (Å²) in [5, 5.41) is 0. The third kappa shape index (κ3) is 4.61. The van der Waals surface area contributed by atoms with Gasteiger partial charge in [-0.05, 0) is 23.3 Å². The van der Waals surface area contributed by atoms with Crippen LogP contribution in [0.2, 0.25) is 0 Å². The van der Waals surface area contributed by atoms with Crippen molar-refractivity contribution in [2.24, 2.45) is 5.73 Å². The van der Waals surface area contributed by atoms with Crippen LogP contribution < -0.4 is 10.5 Å². The number of hydrogen-bond acceptors (Lipinski definition) is 4. The molecule has 0 fully saturated rings. The Balaban J connectivity index is 1.91. The van der Waals surface area contributed by atoms with Crippen molar-refractivity contribution in [1.29, 1.82) is 0 Å². The van der Waals surface area contributed by atoms with E-state index in [2.05, 4.69) is 4.74 Å². The van der Waals surface area contributed by atoms with E-state index in [9.17, 15) is 4.79 Å². The molecule has 0 aliphatic heterocycles. The summed E-state index contributed by atoms with van der Waals surface area (Å²) in [7, 11) is 1.36. The summed E-state index contributed by atoms with van der Waals surface area (Å²) in [5.41, 5.74) is 7.94. The first kappa shape index (κ1) is 15.1. The number of ether oxygens (including phenoxy) is 2. The molecule has 0 bridgehead atoms.